The van der Waals surface area contributed by atoms with Gasteiger partial charge in [0.25, 0.3) is 0 Å². The van der Waals surface area contributed by atoms with Crippen molar-refractivity contribution in [3.8, 4) is 0 Å². The number of amides is 1. The first-order chi connectivity index (χ1) is 21.5. The Morgan fingerprint density at radius 3 is 2.25 bits per heavy atom. The second kappa shape index (κ2) is 11.7. The van der Waals surface area contributed by atoms with E-state index in [0.29, 0.717) is 6.54 Å². The summed E-state index contributed by atoms with van der Waals surface area (Å²) in [4.78, 5) is 13.1. The molecule has 0 saturated heterocycles. The zero-order chi connectivity index (χ0) is 30.4. The van der Waals surface area contributed by atoms with Crippen molar-refractivity contribution in [2.24, 2.45) is 0 Å². The van der Waals surface area contributed by atoms with Gasteiger partial charge in [-0.2, -0.15) is 4.58 Å². The van der Waals surface area contributed by atoms with Crippen molar-refractivity contribution < 1.29 is 9.37 Å². The molecule has 0 unspecified atom stereocenters. The molecule has 4 aromatic rings. The molecule has 1 amide bonds. The van der Waals surface area contributed by atoms with Gasteiger partial charge in [0, 0.05) is 67.5 Å². The van der Waals surface area contributed by atoms with Crippen molar-refractivity contribution >= 4 is 57.6 Å². The first-order valence-corrected chi connectivity index (χ1v) is 16.7. The number of aromatic nitrogens is 2. The van der Waals surface area contributed by atoms with Gasteiger partial charge in [0.15, 0.2) is 0 Å². The predicted molar refractivity (Wildman–Crippen MR) is 185 cm³/mol. The van der Waals surface area contributed by atoms with E-state index in [4.69, 9.17) is 0 Å². The minimum absolute atomic E-state index is 0.104. The Bertz CT molecular complexity index is 2180. The molecule has 44 heavy (non-hydrogen) atoms. The van der Waals surface area contributed by atoms with E-state index in [0.717, 1.165) is 63.7 Å². The summed E-state index contributed by atoms with van der Waals surface area (Å²) in [5.41, 5.74) is 7.88. The van der Waals surface area contributed by atoms with Gasteiger partial charge in [0.1, 0.15) is 6.54 Å². The monoisotopic (exact) mass is 582 g/mol. The maximum Gasteiger partial charge on any atom is 0.384 e. The van der Waals surface area contributed by atoms with Gasteiger partial charge in [-0.25, -0.2) is 4.79 Å². The summed E-state index contributed by atoms with van der Waals surface area (Å²) in [6.07, 6.45) is 21.5. The first-order valence-electron chi connectivity index (χ1n) is 16.7. The highest BCUT2D eigenvalue weighted by atomic mass is 16.1. The van der Waals surface area contributed by atoms with Crippen LogP contribution in [0.15, 0.2) is 59.7 Å². The molecular formula is C40H44N3O+. The number of carbonyl (C=O) groups excluding carboxylic acids is 1. The zero-order valence-electron chi connectivity index (χ0n) is 26.7. The van der Waals surface area contributed by atoms with E-state index in [9.17, 15) is 4.79 Å². The van der Waals surface area contributed by atoms with Crippen molar-refractivity contribution in [2.75, 3.05) is 6.54 Å². The van der Waals surface area contributed by atoms with Gasteiger partial charge in [-0.3, -0.25) is 0 Å². The Morgan fingerprint density at radius 2 is 1.52 bits per heavy atom. The number of benzene rings is 2. The van der Waals surface area contributed by atoms with E-state index in [1.807, 2.05) is 4.58 Å². The summed E-state index contributed by atoms with van der Waals surface area (Å²) in [6, 6.07) is 13.5. The Labute approximate surface area is 260 Å². The smallest absolute Gasteiger partial charge is 0.344 e. The van der Waals surface area contributed by atoms with Crippen LogP contribution in [0.25, 0.3) is 46.0 Å². The van der Waals surface area contributed by atoms with Gasteiger partial charge in [-0.05, 0) is 94.7 Å². The lowest BCUT2D eigenvalue weighted by Crippen LogP contribution is -2.31. The number of allylic oxidation sites excluding steroid dienone is 4. The van der Waals surface area contributed by atoms with E-state index in [1.54, 1.807) is 6.92 Å². The predicted octanol–water partition coefficient (Wildman–Crippen LogP) is 5.41. The van der Waals surface area contributed by atoms with Crippen molar-refractivity contribution in [2.45, 2.75) is 85.7 Å². The maximum absolute atomic E-state index is 13.1. The van der Waals surface area contributed by atoms with E-state index in [1.165, 1.54) is 65.2 Å². The number of aryl methyl sites for hydroxylation is 3. The van der Waals surface area contributed by atoms with Gasteiger partial charge in [-0.15, -0.1) is 0 Å². The molecule has 2 heterocycles. The molecule has 3 aliphatic carbocycles. The minimum Gasteiger partial charge on any atom is -0.344 e. The average molecular weight is 583 g/mol. The van der Waals surface area contributed by atoms with Crippen molar-refractivity contribution in [1.82, 2.24) is 9.13 Å². The van der Waals surface area contributed by atoms with Crippen LogP contribution in [0, 0.1) is 0 Å². The Morgan fingerprint density at radius 1 is 0.795 bits per heavy atom. The quantitative estimate of drug-likeness (QED) is 0.290. The molecule has 224 valence electrons. The van der Waals surface area contributed by atoms with Gasteiger partial charge in [0.05, 0.1) is 6.92 Å². The lowest BCUT2D eigenvalue weighted by Gasteiger charge is -2.18. The molecular weight excluding hydrogens is 538 g/mol. The molecule has 4 heteroatoms. The third-order valence-corrected chi connectivity index (χ3v) is 10.0. The Hall–Kier alpha value is -4.18. The number of nitrogens with zero attached hydrogens (tertiary/aromatic N) is 3. The fraction of sp³-hybridized carbons (Fsp3) is 0.350. The highest BCUT2D eigenvalue weighted by Crippen LogP contribution is 2.27. The summed E-state index contributed by atoms with van der Waals surface area (Å²) in [5, 5.41) is 9.48. The van der Waals surface area contributed by atoms with Crippen molar-refractivity contribution in [3.05, 3.63) is 92.1 Å². The number of rotatable bonds is 5. The van der Waals surface area contributed by atoms with Gasteiger partial charge in [0.2, 0.25) is 5.71 Å². The normalized spacial score (nSPS) is 20.1. The lowest BCUT2D eigenvalue weighted by atomic mass is 9.86. The second-order valence-electron chi connectivity index (χ2n) is 12.4. The summed E-state index contributed by atoms with van der Waals surface area (Å²) in [6.45, 7) is 10.8. The molecule has 3 aliphatic rings. The molecule has 0 radical (unpaired) electrons. The second-order valence-corrected chi connectivity index (χ2v) is 12.4. The molecule has 2 aromatic heterocycles. The first kappa shape index (κ1) is 28.6. The fourth-order valence-electron chi connectivity index (χ4n) is 8.18. The van der Waals surface area contributed by atoms with Crippen molar-refractivity contribution in [3.63, 3.8) is 0 Å². The van der Waals surface area contributed by atoms with Crippen molar-refractivity contribution in [1.29, 1.82) is 0 Å². The summed E-state index contributed by atoms with van der Waals surface area (Å²) >= 11 is 0. The molecule has 4 nitrogen and oxygen atoms in total. The van der Waals surface area contributed by atoms with Crippen LogP contribution in [0.5, 0.6) is 0 Å². The average Bonchev–Trinajstić information content (AvgIpc) is 3.53. The lowest BCUT2D eigenvalue weighted by molar-refractivity contribution is -0.443. The van der Waals surface area contributed by atoms with Crippen LogP contribution >= 0.6 is 0 Å². The molecule has 0 spiro atoms. The molecule has 1 saturated carbocycles. The van der Waals surface area contributed by atoms with E-state index in [2.05, 4.69) is 103 Å². The molecule has 7 rings (SSSR count). The van der Waals surface area contributed by atoms with Crippen LogP contribution in [0.3, 0.4) is 0 Å². The number of hydrogen-bond acceptors (Lipinski definition) is 1. The standard InChI is InChI=1S/C40H44N3O/c1-5-41(27(4)44)40-30(23-25-34-32-19-9-13-28-15-11-21-36(38(28)32)42(34)6-2)17-8-18-31(40)24-26-35-33-20-10-14-29-16-12-22-37(39(29)33)43(35)7-3/h9,12-13,15-16,19-20,22-26H,5-8,10-11,14,17-18,21H2,1-4H3/q+1. The van der Waals surface area contributed by atoms with Crippen LogP contribution in [0.2, 0.25) is 0 Å². The van der Waals surface area contributed by atoms with Crippen LogP contribution in [0.4, 0.5) is 0 Å². The molecule has 0 bridgehead atoms. The van der Waals surface area contributed by atoms with Crippen LogP contribution in [-0.4, -0.2) is 31.9 Å². The van der Waals surface area contributed by atoms with Crippen LogP contribution < -0.4 is 21.1 Å². The molecule has 0 aliphatic heterocycles. The van der Waals surface area contributed by atoms with E-state index < -0.39 is 0 Å². The maximum atomic E-state index is 13.1. The Kier molecular flexibility index (Phi) is 7.62. The van der Waals surface area contributed by atoms with Gasteiger partial charge in [-0.1, -0.05) is 54.6 Å². The number of hydrogen-bond donors (Lipinski definition) is 0. The third kappa shape index (κ3) is 4.58. The largest absolute Gasteiger partial charge is 0.384 e. The molecule has 0 N–H and O–H groups in total. The third-order valence-electron chi connectivity index (χ3n) is 10.0. The van der Waals surface area contributed by atoms with Crippen LogP contribution in [-0.2, 0) is 30.7 Å². The minimum atomic E-state index is 0.104. The molecule has 0 atom stereocenters. The zero-order valence-corrected chi connectivity index (χ0v) is 26.7. The fourth-order valence-corrected chi connectivity index (χ4v) is 8.18. The van der Waals surface area contributed by atoms with Gasteiger partial charge < -0.3 is 9.13 Å². The molecule has 1 fully saturated rings. The number of carbonyl (C=O) groups is 1. The Balaban J connectivity index is 1.43. The summed E-state index contributed by atoms with van der Waals surface area (Å²) in [7, 11) is 0. The van der Waals surface area contributed by atoms with Gasteiger partial charge >= 0.3 is 5.91 Å². The highest BCUT2D eigenvalue weighted by molar-refractivity contribution is 6.12. The highest BCUT2D eigenvalue weighted by Gasteiger charge is 2.29. The summed E-state index contributed by atoms with van der Waals surface area (Å²) in [5.74, 6) is 0.104. The summed E-state index contributed by atoms with van der Waals surface area (Å²) < 4.78 is 6.96. The van der Waals surface area contributed by atoms with E-state index in [-0.39, 0.29) is 5.91 Å². The van der Waals surface area contributed by atoms with E-state index >= 15 is 0 Å². The topological polar surface area (TPSA) is 29.9 Å². The SMILES string of the molecule is CCn1c2c3c(cccc3/c1=C\C=C1/CCCC(=CC=c3c4c5c(cccc5n3CC)CCC=4)C1=[N+](CC)C(C)=O)=CCC2. The van der Waals surface area contributed by atoms with Crippen LogP contribution in [0.1, 0.15) is 71.1 Å². The molecule has 2 aromatic carbocycles.